The first kappa shape index (κ1) is 15.4. The molecule has 0 radical (unpaired) electrons. The molecule has 2 fully saturated rings. The molecular formula is C14H23N3O2S2. The third-order valence-electron chi connectivity index (χ3n) is 4.04. The smallest absolute Gasteiger partial charge is 0.242 e. The fraction of sp³-hybridized carbons (Fsp3) is 0.714. The second-order valence-corrected chi connectivity index (χ2v) is 9.00. The third kappa shape index (κ3) is 3.64. The molecule has 2 N–H and O–H groups in total. The molecule has 0 bridgehead atoms. The van der Waals surface area contributed by atoms with Crippen LogP contribution in [0.1, 0.15) is 37.4 Å². The summed E-state index contributed by atoms with van der Waals surface area (Å²) in [6.07, 6.45) is 6.41. The van der Waals surface area contributed by atoms with E-state index in [0.717, 1.165) is 30.7 Å². The Morgan fingerprint density at radius 3 is 2.81 bits per heavy atom. The summed E-state index contributed by atoms with van der Waals surface area (Å²) in [5.41, 5.74) is 1.05. The van der Waals surface area contributed by atoms with E-state index >= 15 is 0 Å². The van der Waals surface area contributed by atoms with Crippen molar-refractivity contribution in [3.05, 3.63) is 18.0 Å². The van der Waals surface area contributed by atoms with Crippen LogP contribution in [0.25, 0.3) is 0 Å². The van der Waals surface area contributed by atoms with Crippen molar-refractivity contribution in [2.45, 2.75) is 48.4 Å². The SMILES string of the molecule is CNCc1cc(S(=O)(=O)NCC2CCCS2)cn1C1CC1. The Kier molecular flexibility index (Phi) is 4.63. The molecule has 7 heteroatoms. The monoisotopic (exact) mass is 329 g/mol. The molecule has 2 heterocycles. The molecular weight excluding hydrogens is 306 g/mol. The maximum absolute atomic E-state index is 12.4. The first-order valence-electron chi connectivity index (χ1n) is 7.57. The van der Waals surface area contributed by atoms with Crippen molar-refractivity contribution in [1.29, 1.82) is 0 Å². The fourth-order valence-electron chi connectivity index (χ4n) is 2.75. The van der Waals surface area contributed by atoms with E-state index in [0.29, 0.717) is 29.3 Å². The molecule has 2 aliphatic rings. The van der Waals surface area contributed by atoms with Crippen LogP contribution in [0.15, 0.2) is 17.2 Å². The van der Waals surface area contributed by atoms with Gasteiger partial charge in [-0.15, -0.1) is 0 Å². The topological polar surface area (TPSA) is 63.1 Å². The number of aromatic nitrogens is 1. The Morgan fingerprint density at radius 1 is 1.38 bits per heavy atom. The Hall–Kier alpha value is -0.500. The predicted molar refractivity (Wildman–Crippen MR) is 86.1 cm³/mol. The molecule has 1 saturated carbocycles. The molecule has 118 valence electrons. The highest BCUT2D eigenvalue weighted by molar-refractivity contribution is 8.00. The number of hydrogen-bond acceptors (Lipinski definition) is 4. The van der Waals surface area contributed by atoms with Gasteiger partial charge in [-0.3, -0.25) is 0 Å². The van der Waals surface area contributed by atoms with Crippen molar-refractivity contribution in [3.8, 4) is 0 Å². The molecule has 0 amide bonds. The summed E-state index contributed by atoms with van der Waals surface area (Å²) in [4.78, 5) is 0.405. The second kappa shape index (κ2) is 6.32. The molecule has 1 unspecified atom stereocenters. The van der Waals surface area contributed by atoms with Crippen LogP contribution in [-0.4, -0.2) is 37.6 Å². The molecule has 0 spiro atoms. The number of sulfonamides is 1. The van der Waals surface area contributed by atoms with Crippen LogP contribution in [0, 0.1) is 0 Å². The highest BCUT2D eigenvalue weighted by atomic mass is 32.2. The van der Waals surface area contributed by atoms with E-state index in [9.17, 15) is 8.42 Å². The van der Waals surface area contributed by atoms with Crippen molar-refractivity contribution in [1.82, 2.24) is 14.6 Å². The van der Waals surface area contributed by atoms with Crippen molar-refractivity contribution in [2.24, 2.45) is 0 Å². The summed E-state index contributed by atoms with van der Waals surface area (Å²) in [5, 5.41) is 3.54. The lowest BCUT2D eigenvalue weighted by Gasteiger charge is -2.09. The van der Waals surface area contributed by atoms with Gasteiger partial charge in [0.25, 0.3) is 0 Å². The number of nitrogens with one attached hydrogen (secondary N) is 2. The van der Waals surface area contributed by atoms with E-state index in [1.165, 1.54) is 6.42 Å². The van der Waals surface area contributed by atoms with Crippen LogP contribution in [0.5, 0.6) is 0 Å². The molecule has 1 atom stereocenters. The van der Waals surface area contributed by atoms with Crippen molar-refractivity contribution in [2.75, 3.05) is 19.3 Å². The van der Waals surface area contributed by atoms with Crippen molar-refractivity contribution < 1.29 is 8.42 Å². The molecule has 1 aromatic heterocycles. The van der Waals surface area contributed by atoms with E-state index in [2.05, 4.69) is 14.6 Å². The first-order chi connectivity index (χ1) is 10.1. The maximum Gasteiger partial charge on any atom is 0.242 e. The summed E-state index contributed by atoms with van der Waals surface area (Å²) in [7, 11) is -1.50. The van der Waals surface area contributed by atoms with Crippen LogP contribution < -0.4 is 10.0 Å². The Labute approximate surface area is 130 Å². The van der Waals surface area contributed by atoms with Gasteiger partial charge in [0.2, 0.25) is 10.0 Å². The van der Waals surface area contributed by atoms with E-state index in [-0.39, 0.29) is 0 Å². The standard InChI is InChI=1S/C14H23N3O2S2/c1-15-8-12-7-14(10-17(12)11-4-5-11)21(18,19)16-9-13-3-2-6-20-13/h7,10-11,13,15-16H,2-6,8-9H2,1H3. The van der Waals surface area contributed by atoms with Gasteiger partial charge in [0, 0.05) is 36.3 Å². The van der Waals surface area contributed by atoms with Gasteiger partial charge in [0.1, 0.15) is 0 Å². The lowest BCUT2D eigenvalue weighted by Crippen LogP contribution is -2.29. The number of thioether (sulfide) groups is 1. The predicted octanol–water partition coefficient (Wildman–Crippen LogP) is 1.72. The molecule has 1 aromatic rings. The van der Waals surface area contributed by atoms with Crippen LogP contribution >= 0.6 is 11.8 Å². The van der Waals surface area contributed by atoms with Crippen LogP contribution in [0.2, 0.25) is 0 Å². The van der Waals surface area contributed by atoms with Crippen LogP contribution in [0.4, 0.5) is 0 Å². The number of nitrogens with zero attached hydrogens (tertiary/aromatic N) is 1. The third-order valence-corrected chi connectivity index (χ3v) is 6.83. The zero-order chi connectivity index (χ0) is 14.9. The quantitative estimate of drug-likeness (QED) is 0.799. The average Bonchev–Trinajstić information content (AvgIpc) is 3.00. The van der Waals surface area contributed by atoms with Crippen LogP contribution in [-0.2, 0) is 16.6 Å². The van der Waals surface area contributed by atoms with Gasteiger partial charge in [-0.25, -0.2) is 13.1 Å². The van der Waals surface area contributed by atoms with Gasteiger partial charge in [-0.05, 0) is 44.6 Å². The Balaban J connectivity index is 1.73. The normalized spacial score (nSPS) is 22.8. The van der Waals surface area contributed by atoms with Crippen LogP contribution in [0.3, 0.4) is 0 Å². The molecule has 21 heavy (non-hydrogen) atoms. The van der Waals surface area contributed by atoms with E-state index in [1.54, 1.807) is 12.3 Å². The minimum Gasteiger partial charge on any atom is -0.346 e. The van der Waals surface area contributed by atoms with Gasteiger partial charge >= 0.3 is 0 Å². The molecule has 1 saturated heterocycles. The summed E-state index contributed by atoms with van der Waals surface area (Å²) in [6, 6.07) is 2.29. The van der Waals surface area contributed by atoms with E-state index in [4.69, 9.17) is 0 Å². The Bertz CT molecular complexity index is 587. The minimum atomic E-state index is -3.39. The molecule has 1 aliphatic heterocycles. The first-order valence-corrected chi connectivity index (χ1v) is 10.1. The summed E-state index contributed by atoms with van der Waals surface area (Å²) in [5.74, 6) is 1.15. The second-order valence-electron chi connectivity index (χ2n) is 5.82. The van der Waals surface area contributed by atoms with Crippen molar-refractivity contribution in [3.63, 3.8) is 0 Å². The van der Waals surface area contributed by atoms with Gasteiger partial charge < -0.3 is 9.88 Å². The zero-order valence-electron chi connectivity index (χ0n) is 12.3. The largest absolute Gasteiger partial charge is 0.346 e. The zero-order valence-corrected chi connectivity index (χ0v) is 14.0. The highest BCUT2D eigenvalue weighted by Crippen LogP contribution is 2.37. The van der Waals surface area contributed by atoms with Gasteiger partial charge in [0.05, 0.1) is 4.90 Å². The maximum atomic E-state index is 12.4. The summed E-state index contributed by atoms with van der Waals surface area (Å²) < 4.78 is 29.8. The number of rotatable bonds is 7. The minimum absolute atomic E-state index is 0.405. The van der Waals surface area contributed by atoms with Crippen molar-refractivity contribution >= 4 is 21.8 Å². The average molecular weight is 329 g/mol. The Morgan fingerprint density at radius 2 is 2.19 bits per heavy atom. The lowest BCUT2D eigenvalue weighted by molar-refractivity contribution is 0.578. The number of hydrogen-bond donors (Lipinski definition) is 2. The molecule has 3 rings (SSSR count). The molecule has 5 nitrogen and oxygen atoms in total. The fourth-order valence-corrected chi connectivity index (χ4v) is 5.19. The molecule has 1 aliphatic carbocycles. The molecule has 0 aromatic carbocycles. The highest BCUT2D eigenvalue weighted by Gasteiger charge is 2.28. The summed E-state index contributed by atoms with van der Waals surface area (Å²) >= 11 is 1.87. The van der Waals surface area contributed by atoms with Gasteiger partial charge in [0.15, 0.2) is 0 Å². The van der Waals surface area contributed by atoms with Gasteiger partial charge in [-0.2, -0.15) is 11.8 Å². The van der Waals surface area contributed by atoms with Gasteiger partial charge in [-0.1, -0.05) is 0 Å². The van der Waals surface area contributed by atoms with E-state index < -0.39 is 10.0 Å². The summed E-state index contributed by atoms with van der Waals surface area (Å²) in [6.45, 7) is 1.24. The lowest BCUT2D eigenvalue weighted by atomic mass is 10.2. The van der Waals surface area contributed by atoms with E-state index in [1.807, 2.05) is 18.8 Å².